The van der Waals surface area contributed by atoms with Gasteiger partial charge in [0.1, 0.15) is 17.5 Å². The lowest BCUT2D eigenvalue weighted by molar-refractivity contribution is -0.0864. The van der Waals surface area contributed by atoms with E-state index in [0.29, 0.717) is 17.7 Å². The molecule has 0 saturated carbocycles. The number of rotatable bonds is 4. The predicted molar refractivity (Wildman–Crippen MR) is 81.8 cm³/mol. The topological polar surface area (TPSA) is 73.1 Å². The van der Waals surface area contributed by atoms with Crippen LogP contribution in [-0.4, -0.2) is 28.2 Å². The van der Waals surface area contributed by atoms with Crippen LogP contribution in [0.15, 0.2) is 0 Å². The van der Waals surface area contributed by atoms with E-state index >= 15 is 0 Å². The zero-order valence-corrected chi connectivity index (χ0v) is 13.0. The summed E-state index contributed by atoms with van der Waals surface area (Å²) in [4.78, 5) is 8.67. The Morgan fingerprint density at radius 3 is 2.65 bits per heavy atom. The largest absolute Gasteiger partial charge is 0.383 e. The molecule has 1 unspecified atom stereocenters. The number of anilines is 2. The quantitative estimate of drug-likeness (QED) is 0.886. The fraction of sp³-hybridized carbons (Fsp3) is 0.733. The second-order valence-electron chi connectivity index (χ2n) is 5.70. The Hall–Kier alpha value is -1.36. The van der Waals surface area contributed by atoms with E-state index < -0.39 is 0 Å². The van der Waals surface area contributed by atoms with Crippen molar-refractivity contribution in [3.63, 3.8) is 0 Å². The lowest BCUT2D eigenvalue weighted by atomic mass is 9.86. The lowest BCUT2D eigenvalue weighted by Crippen LogP contribution is -2.43. The van der Waals surface area contributed by atoms with Crippen molar-refractivity contribution in [2.24, 2.45) is 0 Å². The molecule has 1 atom stereocenters. The molecule has 3 N–H and O–H groups in total. The molecule has 1 aliphatic rings. The summed E-state index contributed by atoms with van der Waals surface area (Å²) in [5.41, 5.74) is 6.86. The molecular weight excluding hydrogens is 252 g/mol. The first-order valence-electron chi connectivity index (χ1n) is 7.51. The molecule has 2 rings (SSSR count). The van der Waals surface area contributed by atoms with Gasteiger partial charge in [0, 0.05) is 18.2 Å². The molecule has 0 spiro atoms. The molecule has 20 heavy (non-hydrogen) atoms. The summed E-state index contributed by atoms with van der Waals surface area (Å²) in [5, 5.41) is 3.54. The Labute approximate surface area is 121 Å². The first kappa shape index (κ1) is 15.0. The Kier molecular flexibility index (Phi) is 4.48. The molecule has 1 aliphatic heterocycles. The van der Waals surface area contributed by atoms with Gasteiger partial charge in [0.15, 0.2) is 0 Å². The summed E-state index contributed by atoms with van der Waals surface area (Å²) >= 11 is 0. The van der Waals surface area contributed by atoms with Crippen molar-refractivity contribution in [3.05, 3.63) is 11.4 Å². The minimum absolute atomic E-state index is 0.0114. The lowest BCUT2D eigenvalue weighted by Gasteiger charge is -2.40. The van der Waals surface area contributed by atoms with Gasteiger partial charge in [-0.05, 0) is 39.5 Å². The maximum atomic E-state index is 6.01. The summed E-state index contributed by atoms with van der Waals surface area (Å²) in [5.74, 6) is 2.13. The minimum atomic E-state index is 0.0114. The number of hydrogen-bond donors (Lipinski definition) is 2. The van der Waals surface area contributed by atoms with Gasteiger partial charge in [-0.1, -0.05) is 13.8 Å². The highest BCUT2D eigenvalue weighted by Gasteiger charge is 2.34. The first-order valence-corrected chi connectivity index (χ1v) is 7.51. The van der Waals surface area contributed by atoms with Crippen LogP contribution >= 0.6 is 0 Å². The SMILES string of the molecule is CCC1(CC)CC(Nc2nc(C)nc(N)c2C)CCO1. The molecule has 0 radical (unpaired) electrons. The smallest absolute Gasteiger partial charge is 0.134 e. The van der Waals surface area contributed by atoms with Crippen LogP contribution in [0.1, 0.15) is 50.9 Å². The molecule has 0 aromatic carbocycles. The number of aryl methyl sites for hydroxylation is 1. The van der Waals surface area contributed by atoms with E-state index in [1.54, 1.807) is 0 Å². The van der Waals surface area contributed by atoms with Crippen LogP contribution in [0.3, 0.4) is 0 Å². The fourth-order valence-electron chi connectivity index (χ4n) is 2.88. The molecule has 2 heterocycles. The molecule has 0 bridgehead atoms. The van der Waals surface area contributed by atoms with Crippen molar-refractivity contribution in [3.8, 4) is 0 Å². The summed E-state index contributed by atoms with van der Waals surface area (Å²) in [6.45, 7) is 9.03. The van der Waals surface area contributed by atoms with Gasteiger partial charge in [-0.3, -0.25) is 0 Å². The highest BCUT2D eigenvalue weighted by molar-refractivity contribution is 5.55. The van der Waals surface area contributed by atoms with E-state index in [1.165, 1.54) is 0 Å². The highest BCUT2D eigenvalue weighted by Crippen LogP contribution is 2.33. The number of aromatic nitrogens is 2. The van der Waals surface area contributed by atoms with Crippen LogP contribution in [0.2, 0.25) is 0 Å². The van der Waals surface area contributed by atoms with E-state index in [1.807, 2.05) is 13.8 Å². The van der Waals surface area contributed by atoms with Crippen molar-refractivity contribution < 1.29 is 4.74 Å². The van der Waals surface area contributed by atoms with E-state index in [-0.39, 0.29) is 5.60 Å². The fourth-order valence-corrected chi connectivity index (χ4v) is 2.88. The van der Waals surface area contributed by atoms with Gasteiger partial charge in [0.05, 0.1) is 5.60 Å². The third kappa shape index (κ3) is 3.03. The second kappa shape index (κ2) is 5.95. The molecule has 1 fully saturated rings. The minimum Gasteiger partial charge on any atom is -0.383 e. The normalized spacial score (nSPS) is 21.7. The maximum Gasteiger partial charge on any atom is 0.134 e. The number of ether oxygens (including phenoxy) is 1. The summed E-state index contributed by atoms with van der Waals surface area (Å²) in [6.07, 6.45) is 4.11. The summed E-state index contributed by atoms with van der Waals surface area (Å²) < 4.78 is 6.01. The van der Waals surface area contributed by atoms with Crippen LogP contribution in [0.5, 0.6) is 0 Å². The molecule has 0 amide bonds. The van der Waals surface area contributed by atoms with E-state index in [2.05, 4.69) is 29.1 Å². The Morgan fingerprint density at radius 1 is 1.30 bits per heavy atom. The maximum absolute atomic E-state index is 6.01. The van der Waals surface area contributed by atoms with Gasteiger partial charge < -0.3 is 15.8 Å². The number of nitrogens with two attached hydrogens (primary N) is 1. The van der Waals surface area contributed by atoms with E-state index in [9.17, 15) is 0 Å². The van der Waals surface area contributed by atoms with Gasteiger partial charge in [-0.25, -0.2) is 9.97 Å². The average molecular weight is 278 g/mol. The number of nitrogens with one attached hydrogen (secondary N) is 1. The first-order chi connectivity index (χ1) is 9.49. The summed E-state index contributed by atoms with van der Waals surface area (Å²) in [6, 6.07) is 0.385. The van der Waals surface area contributed by atoms with Crippen LogP contribution in [-0.2, 0) is 4.74 Å². The standard InChI is InChI=1S/C15H26N4O/c1-5-15(6-2)9-12(7-8-20-15)19-14-10(3)13(16)17-11(4)18-14/h12H,5-9H2,1-4H3,(H3,16,17,18,19). The zero-order chi connectivity index (χ0) is 14.8. The number of nitrogens with zero attached hydrogens (tertiary/aromatic N) is 2. The molecule has 1 saturated heterocycles. The molecule has 1 aromatic rings. The zero-order valence-electron chi connectivity index (χ0n) is 13.0. The van der Waals surface area contributed by atoms with Gasteiger partial charge in [0.25, 0.3) is 0 Å². The monoisotopic (exact) mass is 278 g/mol. The average Bonchev–Trinajstić information content (AvgIpc) is 2.44. The Balaban J connectivity index is 2.14. The second-order valence-corrected chi connectivity index (χ2v) is 5.70. The Morgan fingerprint density at radius 2 is 2.00 bits per heavy atom. The molecule has 112 valence electrons. The molecular formula is C15H26N4O. The predicted octanol–water partition coefficient (Wildman–Crippen LogP) is 2.83. The van der Waals surface area contributed by atoms with Crippen LogP contribution < -0.4 is 11.1 Å². The van der Waals surface area contributed by atoms with E-state index in [4.69, 9.17) is 10.5 Å². The molecule has 1 aromatic heterocycles. The molecule has 0 aliphatic carbocycles. The van der Waals surface area contributed by atoms with Gasteiger partial charge >= 0.3 is 0 Å². The molecule has 5 heteroatoms. The van der Waals surface area contributed by atoms with Crippen molar-refractivity contribution in [2.45, 2.75) is 65.0 Å². The van der Waals surface area contributed by atoms with Gasteiger partial charge in [-0.15, -0.1) is 0 Å². The van der Waals surface area contributed by atoms with Gasteiger partial charge in [-0.2, -0.15) is 0 Å². The third-order valence-corrected chi connectivity index (χ3v) is 4.42. The van der Waals surface area contributed by atoms with Gasteiger partial charge in [0.2, 0.25) is 0 Å². The van der Waals surface area contributed by atoms with E-state index in [0.717, 1.165) is 43.7 Å². The third-order valence-electron chi connectivity index (χ3n) is 4.42. The van der Waals surface area contributed by atoms with Crippen LogP contribution in [0, 0.1) is 13.8 Å². The highest BCUT2D eigenvalue weighted by atomic mass is 16.5. The summed E-state index contributed by atoms with van der Waals surface area (Å²) in [7, 11) is 0. The number of hydrogen-bond acceptors (Lipinski definition) is 5. The Bertz CT molecular complexity index is 471. The van der Waals surface area contributed by atoms with Crippen molar-refractivity contribution in [1.82, 2.24) is 9.97 Å². The molecule has 5 nitrogen and oxygen atoms in total. The van der Waals surface area contributed by atoms with Crippen molar-refractivity contribution in [2.75, 3.05) is 17.7 Å². The van der Waals surface area contributed by atoms with Crippen LogP contribution in [0.25, 0.3) is 0 Å². The van der Waals surface area contributed by atoms with Crippen molar-refractivity contribution >= 4 is 11.6 Å². The van der Waals surface area contributed by atoms with Crippen LogP contribution in [0.4, 0.5) is 11.6 Å². The van der Waals surface area contributed by atoms with Crippen molar-refractivity contribution in [1.29, 1.82) is 0 Å². The number of nitrogen functional groups attached to an aromatic ring is 1.